The van der Waals surface area contributed by atoms with Gasteiger partial charge >= 0.3 is 0 Å². The van der Waals surface area contributed by atoms with Crippen LogP contribution in [-0.2, 0) is 11.2 Å². The number of hydrogen-bond donors (Lipinski definition) is 3. The molecule has 3 N–H and O–H groups in total. The van der Waals surface area contributed by atoms with E-state index in [2.05, 4.69) is 46.9 Å². The molecule has 2 heterocycles. The predicted octanol–water partition coefficient (Wildman–Crippen LogP) is 4.65. The number of benzene rings is 2. The minimum absolute atomic E-state index is 0. The zero-order valence-corrected chi connectivity index (χ0v) is 19.0. The van der Waals surface area contributed by atoms with Crippen LogP contribution >= 0.6 is 0 Å². The molecular weight excluding hydrogens is 421 g/mol. The van der Waals surface area contributed by atoms with Crippen LogP contribution in [0.2, 0.25) is 0 Å². The molecule has 1 aliphatic rings. The van der Waals surface area contributed by atoms with E-state index in [4.69, 9.17) is 4.74 Å². The van der Waals surface area contributed by atoms with Gasteiger partial charge in [0.25, 0.3) is 0 Å². The van der Waals surface area contributed by atoms with Crippen molar-refractivity contribution < 1.29 is 15.3 Å². The first kappa shape index (κ1) is 22.3. The molecule has 0 unspecified atom stereocenters. The highest BCUT2D eigenvalue weighted by Gasteiger charge is 2.19. The van der Waals surface area contributed by atoms with Crippen molar-refractivity contribution in [2.75, 3.05) is 0 Å². The van der Waals surface area contributed by atoms with Crippen molar-refractivity contribution in [2.24, 2.45) is 5.41 Å². The number of aromatic nitrogens is 2. The van der Waals surface area contributed by atoms with Crippen LogP contribution in [0.4, 0.5) is 4.39 Å². The quantitative estimate of drug-likeness (QED) is 0.525. The molecule has 172 valence electrons. The maximum atomic E-state index is 13.7. The average Bonchev–Trinajstić information content (AvgIpc) is 2.75. The molecule has 0 spiro atoms. The number of rotatable bonds is 5. The van der Waals surface area contributed by atoms with Gasteiger partial charge in [0.2, 0.25) is 11.8 Å². The summed E-state index contributed by atoms with van der Waals surface area (Å²) in [6.07, 6.45) is 5.39. The molecular formula is C25H28FN5O2. The Morgan fingerprint density at radius 3 is 2.76 bits per heavy atom. The van der Waals surface area contributed by atoms with E-state index in [1.807, 2.05) is 31.3 Å². The highest BCUT2D eigenvalue weighted by Crippen LogP contribution is 2.30. The number of halogens is 1. The number of hydrogen-bond acceptors (Lipinski definition) is 6. The van der Waals surface area contributed by atoms with Crippen molar-refractivity contribution in [1.82, 2.24) is 26.1 Å². The summed E-state index contributed by atoms with van der Waals surface area (Å²) in [5.41, 5.74) is 9.22. The predicted molar refractivity (Wildman–Crippen MR) is 127 cm³/mol. The van der Waals surface area contributed by atoms with E-state index in [-0.39, 0.29) is 30.9 Å². The number of carbonyl (C=O) groups is 1. The fourth-order valence-electron chi connectivity index (χ4n) is 3.43. The number of fused-ring (bicyclic) bond motifs is 1. The molecule has 0 aliphatic carbocycles. The molecule has 0 radical (unpaired) electrons. The van der Waals surface area contributed by atoms with E-state index in [0.717, 1.165) is 16.7 Å². The van der Waals surface area contributed by atoms with Gasteiger partial charge in [-0.2, -0.15) is 0 Å². The molecule has 0 saturated carbocycles. The Kier molecular flexibility index (Phi) is 6.00. The van der Waals surface area contributed by atoms with Gasteiger partial charge < -0.3 is 15.5 Å². The number of ether oxygens (including phenoxy) is 1. The Morgan fingerprint density at radius 1 is 1.18 bits per heavy atom. The van der Waals surface area contributed by atoms with Crippen LogP contribution in [0.25, 0.3) is 10.9 Å². The van der Waals surface area contributed by atoms with Crippen LogP contribution in [-0.4, -0.2) is 15.9 Å². The number of aryl methyl sites for hydroxylation is 1. The van der Waals surface area contributed by atoms with Crippen molar-refractivity contribution in [2.45, 2.75) is 34.1 Å². The maximum absolute atomic E-state index is 13.7. The first-order chi connectivity index (χ1) is 15.7. The molecule has 1 amide bonds. The van der Waals surface area contributed by atoms with Crippen LogP contribution in [0.15, 0.2) is 66.4 Å². The van der Waals surface area contributed by atoms with Crippen molar-refractivity contribution in [3.8, 4) is 11.6 Å². The lowest BCUT2D eigenvalue weighted by molar-refractivity contribution is -0.119. The number of nitrogens with zero attached hydrogens (tertiary/aromatic N) is 2. The van der Waals surface area contributed by atoms with E-state index >= 15 is 0 Å². The SMILES string of the molecule is Cc1cc(CC(=O)NC2=CC(C(C)(C)C)=CNN2)ccc1Oc1ncnc2ccc(F)cc12.[HH]. The molecule has 8 heteroatoms. The number of nitrogens with one attached hydrogen (secondary N) is 3. The van der Waals surface area contributed by atoms with E-state index in [0.29, 0.717) is 22.5 Å². The second-order valence-corrected chi connectivity index (χ2v) is 8.94. The molecule has 0 bridgehead atoms. The maximum Gasteiger partial charge on any atom is 0.230 e. The van der Waals surface area contributed by atoms with E-state index in [9.17, 15) is 9.18 Å². The summed E-state index contributed by atoms with van der Waals surface area (Å²) in [6.45, 7) is 8.20. The summed E-state index contributed by atoms with van der Waals surface area (Å²) in [4.78, 5) is 20.9. The highest BCUT2D eigenvalue weighted by atomic mass is 19.1. The Balaban J connectivity index is 0.00000324. The van der Waals surface area contributed by atoms with E-state index < -0.39 is 0 Å². The minimum Gasteiger partial charge on any atom is -0.438 e. The Morgan fingerprint density at radius 2 is 2.00 bits per heavy atom. The third kappa shape index (κ3) is 5.28. The van der Waals surface area contributed by atoms with Crippen LogP contribution in [0.3, 0.4) is 0 Å². The van der Waals surface area contributed by atoms with Crippen LogP contribution in [0, 0.1) is 18.2 Å². The van der Waals surface area contributed by atoms with Gasteiger partial charge in [0.05, 0.1) is 17.3 Å². The van der Waals surface area contributed by atoms with Crippen molar-refractivity contribution >= 4 is 16.8 Å². The molecule has 0 fully saturated rings. The van der Waals surface area contributed by atoms with E-state index in [1.54, 1.807) is 12.1 Å². The van der Waals surface area contributed by atoms with Crippen LogP contribution < -0.4 is 20.9 Å². The molecule has 0 saturated heterocycles. The Bertz CT molecular complexity index is 1280. The minimum atomic E-state index is -0.386. The number of amides is 1. The van der Waals surface area contributed by atoms with Gasteiger partial charge in [0.1, 0.15) is 23.7 Å². The fourth-order valence-corrected chi connectivity index (χ4v) is 3.43. The topological polar surface area (TPSA) is 88.2 Å². The zero-order valence-electron chi connectivity index (χ0n) is 19.0. The van der Waals surface area contributed by atoms with Crippen LogP contribution in [0.1, 0.15) is 33.3 Å². The van der Waals surface area contributed by atoms with Gasteiger partial charge in [0, 0.05) is 7.63 Å². The molecule has 1 aliphatic heterocycles. The number of hydrazine groups is 1. The Labute approximate surface area is 193 Å². The summed E-state index contributed by atoms with van der Waals surface area (Å²) in [5.74, 6) is 0.925. The van der Waals surface area contributed by atoms with Gasteiger partial charge in [-0.25, -0.2) is 14.4 Å². The average molecular weight is 450 g/mol. The molecule has 4 rings (SSSR count). The molecule has 33 heavy (non-hydrogen) atoms. The van der Waals surface area contributed by atoms with Gasteiger partial charge in [-0.1, -0.05) is 32.9 Å². The van der Waals surface area contributed by atoms with Crippen molar-refractivity contribution in [3.05, 3.63) is 83.3 Å². The summed E-state index contributed by atoms with van der Waals surface area (Å²) in [6, 6.07) is 9.78. The summed E-state index contributed by atoms with van der Waals surface area (Å²) >= 11 is 0. The Hall–Kier alpha value is -3.94. The molecule has 2 aromatic carbocycles. The summed E-state index contributed by atoms with van der Waals surface area (Å²) < 4.78 is 19.6. The van der Waals surface area contributed by atoms with Gasteiger partial charge in [-0.3, -0.25) is 10.2 Å². The van der Waals surface area contributed by atoms with Gasteiger partial charge in [-0.15, -0.1) is 0 Å². The first-order valence-corrected chi connectivity index (χ1v) is 10.6. The second-order valence-electron chi connectivity index (χ2n) is 8.94. The summed E-state index contributed by atoms with van der Waals surface area (Å²) in [5, 5.41) is 3.38. The standard InChI is InChI=1S/C25H26FN5O2.H2/c1-15-9-16(10-23(32)30-22-11-17(13-29-31-22)25(2,3)4)5-8-21(15)33-24-19-12-18(26)6-7-20(19)27-14-28-24;/h5-9,11-14,29,31H,10H2,1-4H3,(H,30,32);1H. The lowest BCUT2D eigenvalue weighted by atomic mass is 9.86. The third-order valence-electron chi connectivity index (χ3n) is 5.25. The van der Waals surface area contributed by atoms with Crippen molar-refractivity contribution in [3.63, 3.8) is 0 Å². The third-order valence-corrected chi connectivity index (χ3v) is 5.25. The molecule has 7 nitrogen and oxygen atoms in total. The normalized spacial score (nSPS) is 13.5. The lowest BCUT2D eigenvalue weighted by Gasteiger charge is -2.26. The molecule has 0 atom stereocenters. The second kappa shape index (κ2) is 8.90. The first-order valence-electron chi connectivity index (χ1n) is 10.6. The van der Waals surface area contributed by atoms with Crippen molar-refractivity contribution in [1.29, 1.82) is 0 Å². The monoisotopic (exact) mass is 449 g/mol. The number of carbonyl (C=O) groups excluding carboxylic acids is 1. The van der Waals surface area contributed by atoms with Gasteiger partial charge in [0.15, 0.2) is 0 Å². The zero-order chi connectivity index (χ0) is 23.6. The highest BCUT2D eigenvalue weighted by molar-refractivity contribution is 5.83. The molecule has 3 aromatic rings. The van der Waals surface area contributed by atoms with E-state index in [1.165, 1.54) is 18.5 Å². The fraction of sp³-hybridized carbons (Fsp3) is 0.240. The van der Waals surface area contributed by atoms with Gasteiger partial charge in [-0.05, 0) is 59.4 Å². The largest absolute Gasteiger partial charge is 0.438 e. The summed E-state index contributed by atoms with van der Waals surface area (Å²) in [7, 11) is 0. The molecule has 1 aromatic heterocycles. The lowest BCUT2D eigenvalue weighted by Crippen LogP contribution is -2.40. The smallest absolute Gasteiger partial charge is 0.230 e. The van der Waals surface area contributed by atoms with Crippen LogP contribution in [0.5, 0.6) is 11.6 Å². The number of allylic oxidation sites excluding steroid dienone is 2.